The van der Waals surface area contributed by atoms with Gasteiger partial charge in [-0.15, -0.1) is 0 Å². The van der Waals surface area contributed by atoms with E-state index in [1.165, 1.54) is 6.92 Å². The fraction of sp³-hybridized carbons (Fsp3) is 1.00. The summed E-state index contributed by atoms with van der Waals surface area (Å²) >= 11 is 0. The van der Waals surface area contributed by atoms with Crippen LogP contribution in [0, 0.1) is 0 Å². The molecule has 176 valence electrons. The van der Waals surface area contributed by atoms with Crippen LogP contribution in [0.25, 0.3) is 0 Å². The van der Waals surface area contributed by atoms with Crippen molar-refractivity contribution >= 4 is 0 Å². The van der Waals surface area contributed by atoms with Crippen molar-refractivity contribution in [2.24, 2.45) is 0 Å². The molecular formula is C17H30FNO11. The van der Waals surface area contributed by atoms with Crippen LogP contribution in [-0.4, -0.2) is 135 Å². The number of alkyl halides is 1. The van der Waals surface area contributed by atoms with Gasteiger partial charge in [-0.05, 0) is 6.92 Å². The second-order valence-corrected chi connectivity index (χ2v) is 7.83. The Bertz CT molecular complexity index is 560. The molecule has 3 aliphatic heterocycles. The molecular weight excluding hydrogens is 413 g/mol. The highest BCUT2D eigenvalue weighted by Crippen LogP contribution is 2.30. The fourth-order valence-corrected chi connectivity index (χ4v) is 3.87. The van der Waals surface area contributed by atoms with Gasteiger partial charge in [0.2, 0.25) is 0 Å². The van der Waals surface area contributed by atoms with E-state index in [0.717, 1.165) is 0 Å². The Hall–Kier alpha value is -0.550. The normalized spacial score (nSPS) is 52.5. The van der Waals surface area contributed by atoms with Crippen LogP contribution in [0.3, 0.4) is 0 Å². The lowest BCUT2D eigenvalue weighted by molar-refractivity contribution is -0.361. The van der Waals surface area contributed by atoms with Crippen molar-refractivity contribution in [3.63, 3.8) is 0 Å². The first-order valence-electron chi connectivity index (χ1n) is 9.80. The molecule has 3 fully saturated rings. The molecule has 0 radical (unpaired) electrons. The maximum atomic E-state index is 13.1. The second kappa shape index (κ2) is 9.94. The van der Waals surface area contributed by atoms with Gasteiger partial charge in [-0.2, -0.15) is 0 Å². The van der Waals surface area contributed by atoms with Crippen LogP contribution >= 0.6 is 0 Å². The molecule has 0 aromatic carbocycles. The first-order valence-corrected chi connectivity index (χ1v) is 9.80. The summed E-state index contributed by atoms with van der Waals surface area (Å²) in [6.45, 7) is -0.0150. The predicted octanol–water partition coefficient (Wildman–Crippen LogP) is -4.67. The summed E-state index contributed by atoms with van der Waals surface area (Å²) in [5.41, 5.74) is 0. The van der Waals surface area contributed by atoms with Crippen LogP contribution < -0.4 is 5.32 Å². The smallest absolute Gasteiger partial charge is 0.187 e. The molecule has 8 N–H and O–H groups in total. The van der Waals surface area contributed by atoms with Crippen molar-refractivity contribution in [2.75, 3.05) is 19.8 Å². The van der Waals surface area contributed by atoms with E-state index < -0.39 is 92.9 Å². The molecule has 0 spiro atoms. The standard InChI is InChI=1S/C17H30FNO11/c1-5-9(22)10(23)12(25)16(27-5)30-15-8(4-20)28-17(13(26)11(15)24)29-14-6(2-18)19-3-7(14)21/h5-17,19-26H,2-4H2,1H3/t5-,6-,7-,8-,9-,10+,11-,12-,13-,14-,15-,16+,17-/m1/s1. The number of β-amino-alcohol motifs (C(OH)–C–C–N with tert-alkyl or cyclic N) is 1. The predicted molar refractivity (Wildman–Crippen MR) is 93.6 cm³/mol. The van der Waals surface area contributed by atoms with Crippen LogP contribution in [0.1, 0.15) is 6.92 Å². The third-order valence-corrected chi connectivity index (χ3v) is 5.74. The molecule has 0 aliphatic carbocycles. The lowest BCUT2D eigenvalue weighted by Gasteiger charge is -2.46. The Morgan fingerprint density at radius 3 is 2.10 bits per heavy atom. The zero-order chi connectivity index (χ0) is 22.2. The van der Waals surface area contributed by atoms with E-state index in [9.17, 15) is 40.1 Å². The highest BCUT2D eigenvalue weighted by Gasteiger charge is 2.51. The van der Waals surface area contributed by atoms with E-state index in [1.807, 2.05) is 0 Å². The molecule has 0 bridgehead atoms. The van der Waals surface area contributed by atoms with Gasteiger partial charge < -0.3 is 60.0 Å². The number of halogens is 1. The van der Waals surface area contributed by atoms with Gasteiger partial charge in [-0.3, -0.25) is 0 Å². The molecule has 0 aromatic rings. The monoisotopic (exact) mass is 443 g/mol. The van der Waals surface area contributed by atoms with Crippen LogP contribution in [0.2, 0.25) is 0 Å². The maximum absolute atomic E-state index is 13.1. The lowest BCUT2D eigenvalue weighted by atomic mass is 9.97. The zero-order valence-corrected chi connectivity index (χ0v) is 16.3. The summed E-state index contributed by atoms with van der Waals surface area (Å²) in [7, 11) is 0. The van der Waals surface area contributed by atoms with Crippen molar-refractivity contribution in [3.05, 3.63) is 0 Å². The van der Waals surface area contributed by atoms with E-state index in [4.69, 9.17) is 18.9 Å². The SMILES string of the molecule is C[C@H]1O[C@@H](O[C@H]2[C@H](O)[C@@H](O)[C@@H](O[C@H]3[C@H](O)CN[C@@H]3CF)O[C@@H]2CO)[C@H](O)[C@@H](O)[C@@H]1O. The van der Waals surface area contributed by atoms with Crippen molar-refractivity contribution in [3.8, 4) is 0 Å². The minimum atomic E-state index is -1.71. The van der Waals surface area contributed by atoms with Gasteiger partial charge >= 0.3 is 0 Å². The van der Waals surface area contributed by atoms with Crippen LogP contribution in [0.4, 0.5) is 4.39 Å². The maximum Gasteiger partial charge on any atom is 0.187 e. The van der Waals surface area contributed by atoms with E-state index in [0.29, 0.717) is 0 Å². The number of nitrogens with one attached hydrogen (secondary N) is 1. The van der Waals surface area contributed by atoms with Crippen LogP contribution in [0.5, 0.6) is 0 Å². The van der Waals surface area contributed by atoms with Gasteiger partial charge in [0.05, 0.1) is 24.9 Å². The Labute approximate surface area is 171 Å². The molecule has 12 nitrogen and oxygen atoms in total. The Morgan fingerprint density at radius 2 is 1.47 bits per heavy atom. The summed E-state index contributed by atoms with van der Waals surface area (Å²) in [5, 5.41) is 73.0. The van der Waals surface area contributed by atoms with Crippen molar-refractivity contribution < 1.29 is 59.1 Å². The quantitative estimate of drug-likeness (QED) is 0.196. The molecule has 13 heteroatoms. The molecule has 3 saturated heterocycles. The van der Waals surface area contributed by atoms with Crippen molar-refractivity contribution in [1.82, 2.24) is 5.32 Å². The van der Waals surface area contributed by atoms with Gasteiger partial charge in [-0.1, -0.05) is 0 Å². The number of rotatable bonds is 6. The molecule has 0 saturated carbocycles. The number of hydrogen-bond acceptors (Lipinski definition) is 12. The molecule has 3 rings (SSSR count). The average molecular weight is 443 g/mol. The molecule has 0 amide bonds. The van der Waals surface area contributed by atoms with E-state index in [1.54, 1.807) is 0 Å². The van der Waals surface area contributed by atoms with E-state index in [2.05, 4.69) is 5.32 Å². The Kier molecular flexibility index (Phi) is 7.98. The first kappa shape index (κ1) is 24.1. The summed E-state index contributed by atoms with van der Waals surface area (Å²) in [4.78, 5) is 0. The highest BCUT2D eigenvalue weighted by atomic mass is 19.1. The molecule has 0 aromatic heterocycles. The summed E-state index contributed by atoms with van der Waals surface area (Å²) in [6, 6.07) is -0.838. The lowest BCUT2D eigenvalue weighted by Crippen LogP contribution is -2.64. The second-order valence-electron chi connectivity index (χ2n) is 7.83. The third kappa shape index (κ3) is 4.62. The summed E-state index contributed by atoms with van der Waals surface area (Å²) < 4.78 is 34.9. The highest BCUT2D eigenvalue weighted by molar-refractivity contribution is 4.96. The first-order chi connectivity index (χ1) is 14.2. The van der Waals surface area contributed by atoms with Crippen molar-refractivity contribution in [2.45, 2.75) is 86.6 Å². The van der Waals surface area contributed by atoms with E-state index >= 15 is 0 Å². The Morgan fingerprint density at radius 1 is 0.867 bits per heavy atom. The van der Waals surface area contributed by atoms with Gasteiger partial charge in [0.25, 0.3) is 0 Å². The third-order valence-electron chi connectivity index (χ3n) is 5.74. The summed E-state index contributed by atoms with van der Waals surface area (Å²) in [5.74, 6) is 0. The van der Waals surface area contributed by atoms with Crippen molar-refractivity contribution in [1.29, 1.82) is 0 Å². The van der Waals surface area contributed by atoms with Crippen LogP contribution in [-0.2, 0) is 18.9 Å². The van der Waals surface area contributed by atoms with Gasteiger partial charge in [0.15, 0.2) is 12.6 Å². The average Bonchev–Trinajstić information content (AvgIpc) is 3.09. The van der Waals surface area contributed by atoms with Gasteiger partial charge in [0.1, 0.15) is 55.5 Å². The number of ether oxygens (including phenoxy) is 4. The number of aliphatic hydroxyl groups is 7. The fourth-order valence-electron chi connectivity index (χ4n) is 3.87. The molecule has 3 aliphatic rings. The minimum Gasteiger partial charge on any atom is -0.394 e. The number of hydrogen-bond donors (Lipinski definition) is 8. The molecule has 13 atom stereocenters. The van der Waals surface area contributed by atoms with E-state index in [-0.39, 0.29) is 6.54 Å². The minimum absolute atomic E-state index is 0.0725. The van der Waals surface area contributed by atoms with Crippen LogP contribution in [0.15, 0.2) is 0 Å². The summed E-state index contributed by atoms with van der Waals surface area (Å²) in [6.07, 6.45) is -16.7. The molecule has 3 heterocycles. The van der Waals surface area contributed by atoms with Gasteiger partial charge in [-0.25, -0.2) is 4.39 Å². The topological polar surface area (TPSA) is 191 Å². The van der Waals surface area contributed by atoms with Gasteiger partial charge in [0, 0.05) is 6.54 Å². The Balaban J connectivity index is 1.68. The number of aliphatic hydroxyl groups excluding tert-OH is 7. The zero-order valence-electron chi connectivity index (χ0n) is 16.3. The molecule has 30 heavy (non-hydrogen) atoms. The largest absolute Gasteiger partial charge is 0.394 e. The molecule has 0 unspecified atom stereocenters.